The molecule has 0 bridgehead atoms. The zero-order valence-corrected chi connectivity index (χ0v) is 15.8. The van der Waals surface area contributed by atoms with Crippen LogP contribution in [-0.2, 0) is 16.0 Å². The van der Waals surface area contributed by atoms with Gasteiger partial charge in [0, 0.05) is 18.1 Å². The van der Waals surface area contributed by atoms with Gasteiger partial charge in [-0.1, -0.05) is 0 Å². The highest BCUT2D eigenvalue weighted by molar-refractivity contribution is 6.10. The van der Waals surface area contributed by atoms with Gasteiger partial charge in [-0.15, -0.1) is 0 Å². The predicted octanol–water partition coefficient (Wildman–Crippen LogP) is 3.76. The second kappa shape index (κ2) is 8.78. The van der Waals surface area contributed by atoms with Gasteiger partial charge in [-0.2, -0.15) is 0 Å². The van der Waals surface area contributed by atoms with Gasteiger partial charge in [0.05, 0.1) is 18.8 Å². The Kier molecular flexibility index (Phi) is 6.19. The standard InChI is InChI=1S/C22H24O6/c1-27-21(25)11-7-14-12-15(6-10-19(14)23)22(26)18-9-8-17(13-20(18)24)28-16-4-2-3-5-16/h6,8-10,12-13,16,23-24H,2-5,7,11H2,1H3. The predicted molar refractivity (Wildman–Crippen MR) is 103 cm³/mol. The second-order valence-electron chi connectivity index (χ2n) is 6.95. The Bertz CT molecular complexity index is 867. The summed E-state index contributed by atoms with van der Waals surface area (Å²) in [5.74, 6) is -0.365. The molecule has 0 aromatic heterocycles. The number of aryl methyl sites for hydroxylation is 1. The maximum atomic E-state index is 12.8. The number of rotatable bonds is 7. The number of carbonyl (C=O) groups excluding carboxylic acids is 2. The van der Waals surface area contributed by atoms with Crippen LogP contribution in [0.5, 0.6) is 17.2 Å². The van der Waals surface area contributed by atoms with Gasteiger partial charge < -0.3 is 19.7 Å². The second-order valence-corrected chi connectivity index (χ2v) is 6.95. The third-order valence-electron chi connectivity index (χ3n) is 4.99. The van der Waals surface area contributed by atoms with E-state index >= 15 is 0 Å². The average molecular weight is 384 g/mol. The number of benzene rings is 2. The molecule has 1 aliphatic rings. The molecule has 1 fully saturated rings. The highest BCUT2D eigenvalue weighted by Gasteiger charge is 2.19. The molecular formula is C22H24O6. The van der Waals surface area contributed by atoms with Crippen molar-refractivity contribution in [1.82, 2.24) is 0 Å². The minimum absolute atomic E-state index is 0.00462. The van der Waals surface area contributed by atoms with Crippen molar-refractivity contribution in [2.45, 2.75) is 44.6 Å². The van der Waals surface area contributed by atoms with E-state index in [1.165, 1.54) is 31.4 Å². The van der Waals surface area contributed by atoms with Crippen molar-refractivity contribution in [2.75, 3.05) is 7.11 Å². The molecule has 0 saturated heterocycles. The van der Waals surface area contributed by atoms with Gasteiger partial charge in [-0.3, -0.25) is 9.59 Å². The smallest absolute Gasteiger partial charge is 0.305 e. The molecule has 0 radical (unpaired) electrons. The fourth-order valence-electron chi connectivity index (χ4n) is 3.40. The lowest BCUT2D eigenvalue weighted by atomic mass is 9.98. The maximum absolute atomic E-state index is 12.8. The first-order chi connectivity index (χ1) is 13.5. The average Bonchev–Trinajstić information content (AvgIpc) is 3.19. The molecule has 0 unspecified atom stereocenters. The molecule has 6 nitrogen and oxygen atoms in total. The molecule has 1 aliphatic carbocycles. The first-order valence-electron chi connectivity index (χ1n) is 9.41. The molecule has 6 heteroatoms. The number of esters is 1. The fraction of sp³-hybridized carbons (Fsp3) is 0.364. The van der Waals surface area contributed by atoms with Gasteiger partial charge in [0.25, 0.3) is 0 Å². The summed E-state index contributed by atoms with van der Waals surface area (Å²) in [6, 6.07) is 9.12. The molecule has 0 amide bonds. The summed E-state index contributed by atoms with van der Waals surface area (Å²) in [5.41, 5.74) is 0.942. The highest BCUT2D eigenvalue weighted by Crippen LogP contribution is 2.30. The summed E-state index contributed by atoms with van der Waals surface area (Å²) < 4.78 is 10.4. The summed E-state index contributed by atoms with van der Waals surface area (Å²) in [6.45, 7) is 0. The summed E-state index contributed by atoms with van der Waals surface area (Å²) in [4.78, 5) is 24.1. The largest absolute Gasteiger partial charge is 0.508 e. The molecule has 28 heavy (non-hydrogen) atoms. The summed E-state index contributed by atoms with van der Waals surface area (Å²) in [6.07, 6.45) is 4.81. The molecule has 148 valence electrons. The Morgan fingerprint density at radius 1 is 1.04 bits per heavy atom. The van der Waals surface area contributed by atoms with Crippen LogP contribution in [-0.4, -0.2) is 35.2 Å². The van der Waals surface area contributed by atoms with E-state index in [0.29, 0.717) is 16.9 Å². The fourth-order valence-corrected chi connectivity index (χ4v) is 3.40. The SMILES string of the molecule is COC(=O)CCc1cc(C(=O)c2ccc(OC3CCCC3)cc2O)ccc1O. The molecule has 2 N–H and O–H groups in total. The molecule has 0 atom stereocenters. The van der Waals surface area contributed by atoms with E-state index in [4.69, 9.17) is 4.74 Å². The van der Waals surface area contributed by atoms with Crippen LogP contribution < -0.4 is 4.74 Å². The van der Waals surface area contributed by atoms with Crippen LogP contribution in [0.1, 0.15) is 53.6 Å². The van der Waals surface area contributed by atoms with Crippen molar-refractivity contribution in [2.24, 2.45) is 0 Å². The Labute approximate surface area is 163 Å². The zero-order chi connectivity index (χ0) is 20.1. The highest BCUT2D eigenvalue weighted by atomic mass is 16.5. The Morgan fingerprint density at radius 2 is 1.79 bits per heavy atom. The van der Waals surface area contributed by atoms with E-state index in [9.17, 15) is 19.8 Å². The number of carbonyl (C=O) groups is 2. The van der Waals surface area contributed by atoms with Crippen molar-refractivity contribution in [1.29, 1.82) is 0 Å². The van der Waals surface area contributed by atoms with Crippen LogP contribution in [0.15, 0.2) is 36.4 Å². The van der Waals surface area contributed by atoms with Crippen LogP contribution in [0, 0.1) is 0 Å². The summed E-state index contributed by atoms with van der Waals surface area (Å²) in [7, 11) is 1.30. The third-order valence-corrected chi connectivity index (χ3v) is 4.99. The number of phenolic OH excluding ortho intramolecular Hbond substituents is 2. The quantitative estimate of drug-likeness (QED) is 0.558. The van der Waals surface area contributed by atoms with E-state index in [1.807, 2.05) is 0 Å². The molecule has 1 saturated carbocycles. The van der Waals surface area contributed by atoms with Gasteiger partial charge in [0.1, 0.15) is 17.2 Å². The molecule has 2 aromatic carbocycles. The van der Waals surface area contributed by atoms with Crippen molar-refractivity contribution < 1.29 is 29.3 Å². The van der Waals surface area contributed by atoms with E-state index in [0.717, 1.165) is 25.7 Å². The van der Waals surface area contributed by atoms with Gasteiger partial charge in [-0.05, 0) is 68.0 Å². The van der Waals surface area contributed by atoms with Gasteiger partial charge >= 0.3 is 5.97 Å². The minimum atomic E-state index is -0.397. The van der Waals surface area contributed by atoms with Gasteiger partial charge in [0.15, 0.2) is 5.78 Å². The number of hydrogen-bond acceptors (Lipinski definition) is 6. The molecular weight excluding hydrogens is 360 g/mol. The topological polar surface area (TPSA) is 93.1 Å². The van der Waals surface area contributed by atoms with Crippen LogP contribution in [0.25, 0.3) is 0 Å². The lowest BCUT2D eigenvalue weighted by Gasteiger charge is -2.14. The Hall–Kier alpha value is -3.02. The summed E-state index contributed by atoms with van der Waals surface area (Å²) >= 11 is 0. The maximum Gasteiger partial charge on any atom is 0.305 e. The lowest BCUT2D eigenvalue weighted by Crippen LogP contribution is -2.11. The normalized spacial score (nSPS) is 14.0. The van der Waals surface area contributed by atoms with Crippen LogP contribution in [0.2, 0.25) is 0 Å². The van der Waals surface area contributed by atoms with Crippen molar-refractivity contribution in [3.05, 3.63) is 53.1 Å². The molecule has 3 rings (SSSR count). The number of ether oxygens (including phenoxy) is 2. The van der Waals surface area contributed by atoms with Crippen LogP contribution >= 0.6 is 0 Å². The number of phenols is 2. The monoisotopic (exact) mass is 384 g/mol. The third kappa shape index (κ3) is 4.63. The van der Waals surface area contributed by atoms with Crippen molar-refractivity contribution in [3.63, 3.8) is 0 Å². The van der Waals surface area contributed by atoms with Gasteiger partial charge in [-0.25, -0.2) is 0 Å². The number of methoxy groups -OCH3 is 1. The minimum Gasteiger partial charge on any atom is -0.508 e. The van der Waals surface area contributed by atoms with E-state index in [1.54, 1.807) is 12.1 Å². The van der Waals surface area contributed by atoms with Gasteiger partial charge in [0.2, 0.25) is 0 Å². The first-order valence-corrected chi connectivity index (χ1v) is 9.41. The number of ketones is 1. The van der Waals surface area contributed by atoms with Crippen molar-refractivity contribution >= 4 is 11.8 Å². The summed E-state index contributed by atoms with van der Waals surface area (Å²) in [5, 5.41) is 20.3. The number of aromatic hydroxyl groups is 2. The molecule has 0 spiro atoms. The number of hydrogen-bond donors (Lipinski definition) is 2. The van der Waals surface area contributed by atoms with E-state index in [-0.39, 0.29) is 41.8 Å². The van der Waals surface area contributed by atoms with Crippen molar-refractivity contribution in [3.8, 4) is 17.2 Å². The van der Waals surface area contributed by atoms with Crippen LogP contribution in [0.4, 0.5) is 0 Å². The zero-order valence-electron chi connectivity index (χ0n) is 15.8. The molecule has 0 heterocycles. The van der Waals surface area contributed by atoms with E-state index < -0.39 is 5.97 Å². The first kappa shape index (κ1) is 19.7. The lowest BCUT2D eigenvalue weighted by molar-refractivity contribution is -0.140. The Morgan fingerprint density at radius 3 is 2.46 bits per heavy atom. The molecule has 0 aliphatic heterocycles. The Balaban J connectivity index is 1.76. The van der Waals surface area contributed by atoms with Crippen LogP contribution in [0.3, 0.4) is 0 Å². The molecule has 2 aromatic rings. The van der Waals surface area contributed by atoms with E-state index in [2.05, 4.69) is 4.74 Å².